The molecule has 0 aliphatic heterocycles. The standard InChI is InChI=1S/C17H20N2O/c1-3-13-7-5-9-15(11-13)18-17(20)19-16-10-6-8-14(4-2)12-16/h5-12H,3-4H2,1-2H3,(H2,18,19,20). The molecule has 3 nitrogen and oxygen atoms in total. The maximum Gasteiger partial charge on any atom is 0.323 e. The van der Waals surface area contributed by atoms with Gasteiger partial charge in [0.2, 0.25) is 0 Å². The smallest absolute Gasteiger partial charge is 0.308 e. The molecule has 0 atom stereocenters. The van der Waals surface area contributed by atoms with Crippen LogP contribution in [0, 0.1) is 0 Å². The van der Waals surface area contributed by atoms with Crippen LogP contribution in [0.2, 0.25) is 0 Å². The van der Waals surface area contributed by atoms with Gasteiger partial charge in [-0.2, -0.15) is 0 Å². The highest BCUT2D eigenvalue weighted by molar-refractivity contribution is 5.99. The summed E-state index contributed by atoms with van der Waals surface area (Å²) in [6.45, 7) is 4.19. The van der Waals surface area contributed by atoms with Crippen molar-refractivity contribution in [3.8, 4) is 0 Å². The predicted molar refractivity (Wildman–Crippen MR) is 84.3 cm³/mol. The van der Waals surface area contributed by atoms with Crippen LogP contribution in [0.1, 0.15) is 25.0 Å². The number of carbonyl (C=O) groups excluding carboxylic acids is 1. The van der Waals surface area contributed by atoms with Crippen LogP contribution < -0.4 is 10.6 Å². The lowest BCUT2D eigenvalue weighted by Crippen LogP contribution is -2.19. The molecule has 2 aromatic rings. The molecule has 0 radical (unpaired) electrons. The number of benzene rings is 2. The molecule has 0 aromatic heterocycles. The Morgan fingerprint density at radius 2 is 1.30 bits per heavy atom. The Morgan fingerprint density at radius 1 is 0.850 bits per heavy atom. The van der Waals surface area contributed by atoms with Crippen LogP contribution in [0.25, 0.3) is 0 Å². The first-order chi connectivity index (χ1) is 9.71. The van der Waals surface area contributed by atoms with Gasteiger partial charge in [-0.05, 0) is 48.2 Å². The number of aryl methyl sites for hydroxylation is 2. The van der Waals surface area contributed by atoms with Crippen molar-refractivity contribution in [2.75, 3.05) is 10.6 Å². The molecule has 104 valence electrons. The molecular formula is C17H20N2O. The van der Waals surface area contributed by atoms with Crippen LogP contribution in [-0.4, -0.2) is 6.03 Å². The highest BCUT2D eigenvalue weighted by atomic mass is 16.2. The van der Waals surface area contributed by atoms with Crippen molar-refractivity contribution in [3.63, 3.8) is 0 Å². The van der Waals surface area contributed by atoms with Crippen molar-refractivity contribution in [1.29, 1.82) is 0 Å². The monoisotopic (exact) mass is 268 g/mol. The average Bonchev–Trinajstić information content (AvgIpc) is 2.47. The predicted octanol–water partition coefficient (Wildman–Crippen LogP) is 4.46. The van der Waals surface area contributed by atoms with Crippen molar-refractivity contribution in [3.05, 3.63) is 59.7 Å². The molecule has 0 saturated heterocycles. The topological polar surface area (TPSA) is 41.1 Å². The van der Waals surface area contributed by atoms with Gasteiger partial charge in [0.15, 0.2) is 0 Å². The van der Waals surface area contributed by atoms with Gasteiger partial charge in [-0.1, -0.05) is 38.1 Å². The van der Waals surface area contributed by atoms with Gasteiger partial charge in [0.05, 0.1) is 0 Å². The third-order valence-electron chi connectivity index (χ3n) is 3.19. The molecule has 0 saturated carbocycles. The van der Waals surface area contributed by atoms with Gasteiger partial charge in [0.25, 0.3) is 0 Å². The molecule has 0 aliphatic carbocycles. The van der Waals surface area contributed by atoms with Crippen LogP contribution in [-0.2, 0) is 12.8 Å². The van der Waals surface area contributed by atoms with Crippen molar-refractivity contribution < 1.29 is 4.79 Å². The first-order valence-corrected chi connectivity index (χ1v) is 6.97. The second kappa shape index (κ2) is 6.75. The zero-order valence-electron chi connectivity index (χ0n) is 11.9. The van der Waals surface area contributed by atoms with E-state index in [-0.39, 0.29) is 6.03 Å². The molecule has 2 amide bonds. The highest BCUT2D eigenvalue weighted by Crippen LogP contribution is 2.14. The Hall–Kier alpha value is -2.29. The molecule has 20 heavy (non-hydrogen) atoms. The quantitative estimate of drug-likeness (QED) is 0.844. The van der Waals surface area contributed by atoms with Crippen LogP contribution >= 0.6 is 0 Å². The third kappa shape index (κ3) is 3.85. The summed E-state index contributed by atoms with van der Waals surface area (Å²) in [5, 5.41) is 5.71. The van der Waals surface area contributed by atoms with Gasteiger partial charge in [-0.3, -0.25) is 0 Å². The van der Waals surface area contributed by atoms with Crippen LogP contribution in [0.5, 0.6) is 0 Å². The van der Waals surface area contributed by atoms with Crippen molar-refractivity contribution in [1.82, 2.24) is 0 Å². The fourth-order valence-corrected chi connectivity index (χ4v) is 2.03. The molecule has 2 N–H and O–H groups in total. The Bertz CT molecular complexity index is 542. The Balaban J connectivity index is 2.01. The van der Waals surface area contributed by atoms with E-state index >= 15 is 0 Å². The maximum atomic E-state index is 12.0. The van der Waals surface area contributed by atoms with Crippen LogP contribution in [0.4, 0.5) is 16.2 Å². The van der Waals surface area contributed by atoms with E-state index in [2.05, 4.69) is 24.5 Å². The van der Waals surface area contributed by atoms with E-state index in [1.165, 1.54) is 11.1 Å². The molecule has 3 heteroatoms. The third-order valence-corrected chi connectivity index (χ3v) is 3.19. The van der Waals surface area contributed by atoms with Gasteiger partial charge < -0.3 is 10.6 Å². The summed E-state index contributed by atoms with van der Waals surface area (Å²) >= 11 is 0. The minimum Gasteiger partial charge on any atom is -0.308 e. The van der Waals surface area contributed by atoms with Crippen LogP contribution in [0.3, 0.4) is 0 Å². The second-order valence-electron chi connectivity index (χ2n) is 4.69. The van der Waals surface area contributed by atoms with Gasteiger partial charge in [-0.15, -0.1) is 0 Å². The lowest BCUT2D eigenvalue weighted by molar-refractivity contribution is 0.262. The minimum atomic E-state index is -0.216. The normalized spacial score (nSPS) is 10.1. The summed E-state index contributed by atoms with van der Waals surface area (Å²) in [5.74, 6) is 0. The summed E-state index contributed by atoms with van der Waals surface area (Å²) < 4.78 is 0. The van der Waals surface area contributed by atoms with E-state index in [4.69, 9.17) is 0 Å². The molecule has 0 aliphatic rings. The summed E-state index contributed by atoms with van der Waals surface area (Å²) in [4.78, 5) is 12.0. The number of hydrogen-bond donors (Lipinski definition) is 2. The molecule has 2 rings (SSSR count). The number of rotatable bonds is 4. The summed E-state index contributed by atoms with van der Waals surface area (Å²) in [6, 6.07) is 15.5. The number of nitrogens with one attached hydrogen (secondary N) is 2. The molecular weight excluding hydrogens is 248 g/mol. The van der Waals surface area contributed by atoms with Gasteiger partial charge in [0, 0.05) is 11.4 Å². The fraction of sp³-hybridized carbons (Fsp3) is 0.235. The Morgan fingerprint density at radius 3 is 1.70 bits per heavy atom. The summed E-state index contributed by atoms with van der Waals surface area (Å²) in [5.41, 5.74) is 4.04. The number of urea groups is 1. The van der Waals surface area contributed by atoms with Crippen molar-refractivity contribution >= 4 is 17.4 Å². The van der Waals surface area contributed by atoms with E-state index in [1.807, 2.05) is 48.5 Å². The first-order valence-electron chi connectivity index (χ1n) is 6.97. The summed E-state index contributed by atoms with van der Waals surface area (Å²) in [7, 11) is 0. The Kier molecular flexibility index (Phi) is 4.77. The van der Waals surface area contributed by atoms with Crippen molar-refractivity contribution in [2.24, 2.45) is 0 Å². The van der Waals surface area contributed by atoms with E-state index < -0.39 is 0 Å². The van der Waals surface area contributed by atoms with E-state index in [0.717, 1.165) is 24.2 Å². The second-order valence-corrected chi connectivity index (χ2v) is 4.69. The van der Waals surface area contributed by atoms with Gasteiger partial charge in [0.1, 0.15) is 0 Å². The summed E-state index contributed by atoms with van der Waals surface area (Å²) in [6.07, 6.45) is 1.91. The number of amides is 2. The zero-order chi connectivity index (χ0) is 14.4. The molecule has 0 bridgehead atoms. The molecule has 0 spiro atoms. The average molecular weight is 268 g/mol. The lowest BCUT2D eigenvalue weighted by atomic mass is 10.1. The molecule has 0 heterocycles. The molecule has 0 unspecified atom stereocenters. The van der Waals surface area contributed by atoms with E-state index in [0.29, 0.717) is 0 Å². The molecule has 0 fully saturated rings. The van der Waals surface area contributed by atoms with Gasteiger partial charge in [-0.25, -0.2) is 4.79 Å². The lowest BCUT2D eigenvalue weighted by Gasteiger charge is -2.09. The SMILES string of the molecule is CCc1cccc(NC(=O)Nc2cccc(CC)c2)c1. The van der Waals surface area contributed by atoms with Crippen molar-refractivity contribution in [2.45, 2.75) is 26.7 Å². The Labute approximate surface area is 120 Å². The van der Waals surface area contributed by atoms with Crippen LogP contribution in [0.15, 0.2) is 48.5 Å². The van der Waals surface area contributed by atoms with E-state index in [9.17, 15) is 4.79 Å². The van der Waals surface area contributed by atoms with Gasteiger partial charge >= 0.3 is 6.03 Å². The number of hydrogen-bond acceptors (Lipinski definition) is 1. The maximum absolute atomic E-state index is 12.0. The van der Waals surface area contributed by atoms with E-state index in [1.54, 1.807) is 0 Å². The zero-order valence-corrected chi connectivity index (χ0v) is 11.9. The minimum absolute atomic E-state index is 0.216. The number of carbonyl (C=O) groups is 1. The molecule has 2 aromatic carbocycles. The first kappa shape index (κ1) is 14.1. The fourth-order valence-electron chi connectivity index (χ4n) is 2.03. The highest BCUT2D eigenvalue weighted by Gasteiger charge is 2.03. The number of anilines is 2. The largest absolute Gasteiger partial charge is 0.323 e.